The third kappa shape index (κ3) is 4.14. The van der Waals surface area contributed by atoms with E-state index in [1.54, 1.807) is 0 Å². The molecule has 0 spiro atoms. The van der Waals surface area contributed by atoms with Gasteiger partial charge >= 0.3 is 0 Å². The molecule has 1 heterocycles. The van der Waals surface area contributed by atoms with Crippen LogP contribution in [0.15, 0.2) is 0 Å². The van der Waals surface area contributed by atoms with E-state index in [1.807, 2.05) is 0 Å². The van der Waals surface area contributed by atoms with Gasteiger partial charge < -0.3 is 4.90 Å². The lowest BCUT2D eigenvalue weighted by atomic mass is 9.79. The van der Waals surface area contributed by atoms with E-state index >= 15 is 0 Å². The van der Waals surface area contributed by atoms with Crippen molar-refractivity contribution in [2.45, 2.75) is 47.5 Å². The van der Waals surface area contributed by atoms with Gasteiger partial charge in [0, 0.05) is 6.54 Å². The van der Waals surface area contributed by atoms with E-state index in [1.165, 1.54) is 32.5 Å². The van der Waals surface area contributed by atoms with Crippen LogP contribution >= 0.6 is 0 Å². The Bertz CT molecular complexity index is 174. The van der Waals surface area contributed by atoms with E-state index in [4.69, 9.17) is 0 Å². The molecule has 0 saturated carbocycles. The minimum atomic E-state index is 0.850. The van der Waals surface area contributed by atoms with Gasteiger partial charge in [0.1, 0.15) is 0 Å². The average molecular weight is 211 g/mol. The fraction of sp³-hybridized carbons (Fsp3) is 1.00. The smallest absolute Gasteiger partial charge is 0.000978 e. The summed E-state index contributed by atoms with van der Waals surface area (Å²) >= 11 is 0. The minimum absolute atomic E-state index is 0.850. The fourth-order valence-corrected chi connectivity index (χ4v) is 2.88. The minimum Gasteiger partial charge on any atom is -0.303 e. The van der Waals surface area contributed by atoms with Crippen LogP contribution in [0.2, 0.25) is 0 Å². The van der Waals surface area contributed by atoms with E-state index in [9.17, 15) is 0 Å². The molecule has 0 bridgehead atoms. The van der Waals surface area contributed by atoms with Gasteiger partial charge in [0.05, 0.1) is 0 Å². The lowest BCUT2D eigenvalue weighted by Crippen LogP contribution is -2.41. The van der Waals surface area contributed by atoms with Gasteiger partial charge in [-0.3, -0.25) is 0 Å². The first-order valence-electron chi connectivity index (χ1n) is 6.73. The second kappa shape index (κ2) is 5.89. The van der Waals surface area contributed by atoms with Gasteiger partial charge in [-0.15, -0.1) is 0 Å². The Kier molecular flexibility index (Phi) is 5.11. The second-order valence-corrected chi connectivity index (χ2v) is 6.16. The SMILES string of the molecule is CC(C)CCN1CCC(C(C)C)C(C)C1. The molecular weight excluding hydrogens is 182 g/mol. The number of likely N-dealkylation sites (tertiary alicyclic amines) is 1. The van der Waals surface area contributed by atoms with E-state index in [-0.39, 0.29) is 0 Å². The summed E-state index contributed by atoms with van der Waals surface area (Å²) in [6.07, 6.45) is 2.77. The molecule has 1 heteroatoms. The highest BCUT2D eigenvalue weighted by Crippen LogP contribution is 2.29. The van der Waals surface area contributed by atoms with Crippen molar-refractivity contribution in [2.75, 3.05) is 19.6 Å². The molecule has 1 aliphatic rings. The van der Waals surface area contributed by atoms with Crippen LogP contribution in [-0.2, 0) is 0 Å². The molecule has 0 aromatic carbocycles. The maximum Gasteiger partial charge on any atom is 0.000978 e. The van der Waals surface area contributed by atoms with Crippen molar-refractivity contribution in [2.24, 2.45) is 23.7 Å². The molecule has 1 nitrogen and oxygen atoms in total. The molecule has 1 aliphatic heterocycles. The Balaban J connectivity index is 2.31. The zero-order valence-corrected chi connectivity index (χ0v) is 11.3. The molecule has 0 aliphatic carbocycles. The maximum absolute atomic E-state index is 2.67. The summed E-state index contributed by atoms with van der Waals surface area (Å²) in [7, 11) is 0. The topological polar surface area (TPSA) is 3.24 Å². The largest absolute Gasteiger partial charge is 0.303 e. The summed E-state index contributed by atoms with van der Waals surface area (Å²) in [6.45, 7) is 15.8. The van der Waals surface area contributed by atoms with Gasteiger partial charge in [0.2, 0.25) is 0 Å². The number of hydrogen-bond donors (Lipinski definition) is 0. The van der Waals surface area contributed by atoms with Crippen molar-refractivity contribution in [1.29, 1.82) is 0 Å². The summed E-state index contributed by atoms with van der Waals surface area (Å²) in [5.74, 6) is 3.57. The fourth-order valence-electron chi connectivity index (χ4n) is 2.88. The molecule has 1 saturated heterocycles. The molecule has 1 rings (SSSR count). The Hall–Kier alpha value is -0.0400. The van der Waals surface area contributed by atoms with Gasteiger partial charge in [0.15, 0.2) is 0 Å². The quantitative estimate of drug-likeness (QED) is 0.686. The molecule has 0 N–H and O–H groups in total. The van der Waals surface area contributed by atoms with Crippen LogP contribution in [0.25, 0.3) is 0 Å². The first-order valence-corrected chi connectivity index (χ1v) is 6.73. The van der Waals surface area contributed by atoms with Crippen molar-refractivity contribution in [3.8, 4) is 0 Å². The monoisotopic (exact) mass is 211 g/mol. The molecule has 90 valence electrons. The van der Waals surface area contributed by atoms with Gasteiger partial charge in [-0.25, -0.2) is 0 Å². The van der Waals surface area contributed by atoms with E-state index in [0.29, 0.717) is 0 Å². The molecule has 0 amide bonds. The summed E-state index contributed by atoms with van der Waals surface area (Å²) in [5, 5.41) is 0. The molecule has 0 aromatic heterocycles. The van der Waals surface area contributed by atoms with Crippen LogP contribution in [0.5, 0.6) is 0 Å². The summed E-state index contributed by atoms with van der Waals surface area (Å²) in [4.78, 5) is 2.67. The lowest BCUT2D eigenvalue weighted by molar-refractivity contribution is 0.0982. The van der Waals surface area contributed by atoms with Crippen molar-refractivity contribution in [3.05, 3.63) is 0 Å². The maximum atomic E-state index is 2.67. The van der Waals surface area contributed by atoms with Crippen LogP contribution in [0, 0.1) is 23.7 Å². The second-order valence-electron chi connectivity index (χ2n) is 6.16. The zero-order chi connectivity index (χ0) is 11.4. The molecule has 2 unspecified atom stereocenters. The van der Waals surface area contributed by atoms with Crippen LogP contribution in [0.4, 0.5) is 0 Å². The van der Waals surface area contributed by atoms with Crippen molar-refractivity contribution in [3.63, 3.8) is 0 Å². The van der Waals surface area contributed by atoms with E-state index in [0.717, 1.165) is 23.7 Å². The Morgan fingerprint density at radius 2 is 1.87 bits per heavy atom. The van der Waals surface area contributed by atoms with Crippen molar-refractivity contribution in [1.82, 2.24) is 4.90 Å². The van der Waals surface area contributed by atoms with Gasteiger partial charge in [-0.1, -0.05) is 34.6 Å². The molecule has 0 radical (unpaired) electrons. The van der Waals surface area contributed by atoms with E-state index < -0.39 is 0 Å². The van der Waals surface area contributed by atoms with Crippen molar-refractivity contribution >= 4 is 0 Å². The highest BCUT2D eigenvalue weighted by atomic mass is 15.1. The van der Waals surface area contributed by atoms with Crippen molar-refractivity contribution < 1.29 is 0 Å². The predicted octanol–water partition coefficient (Wildman–Crippen LogP) is 3.65. The third-order valence-corrected chi connectivity index (χ3v) is 3.93. The predicted molar refractivity (Wildman–Crippen MR) is 68.0 cm³/mol. The molecule has 2 atom stereocenters. The average Bonchev–Trinajstić information content (AvgIpc) is 2.14. The lowest BCUT2D eigenvalue weighted by Gasteiger charge is -2.39. The van der Waals surface area contributed by atoms with Gasteiger partial charge in [-0.2, -0.15) is 0 Å². The Morgan fingerprint density at radius 3 is 2.33 bits per heavy atom. The highest BCUT2D eigenvalue weighted by molar-refractivity contribution is 4.79. The van der Waals surface area contributed by atoms with Crippen LogP contribution in [0.1, 0.15) is 47.5 Å². The summed E-state index contributed by atoms with van der Waals surface area (Å²) in [6, 6.07) is 0. The van der Waals surface area contributed by atoms with Crippen LogP contribution < -0.4 is 0 Å². The Labute approximate surface area is 96.2 Å². The normalized spacial score (nSPS) is 29.0. The zero-order valence-electron chi connectivity index (χ0n) is 11.3. The molecular formula is C14H29N. The standard InChI is InChI=1S/C14H29N/c1-11(2)6-8-15-9-7-14(12(3)4)13(5)10-15/h11-14H,6-10H2,1-5H3. The van der Waals surface area contributed by atoms with Gasteiger partial charge in [0.25, 0.3) is 0 Å². The van der Waals surface area contributed by atoms with Crippen LogP contribution in [0.3, 0.4) is 0 Å². The van der Waals surface area contributed by atoms with Gasteiger partial charge in [-0.05, 0) is 49.6 Å². The summed E-state index contributed by atoms with van der Waals surface area (Å²) < 4.78 is 0. The summed E-state index contributed by atoms with van der Waals surface area (Å²) in [5.41, 5.74) is 0. The number of hydrogen-bond acceptors (Lipinski definition) is 1. The first-order chi connectivity index (χ1) is 7.00. The third-order valence-electron chi connectivity index (χ3n) is 3.93. The molecule has 15 heavy (non-hydrogen) atoms. The van der Waals surface area contributed by atoms with E-state index in [2.05, 4.69) is 39.5 Å². The molecule has 1 fully saturated rings. The number of rotatable bonds is 4. The number of nitrogens with zero attached hydrogens (tertiary/aromatic N) is 1. The number of piperidine rings is 1. The molecule has 0 aromatic rings. The van der Waals surface area contributed by atoms with Crippen LogP contribution in [-0.4, -0.2) is 24.5 Å². The first kappa shape index (κ1) is 13.0. The Morgan fingerprint density at radius 1 is 1.20 bits per heavy atom. The highest BCUT2D eigenvalue weighted by Gasteiger charge is 2.27.